The van der Waals surface area contributed by atoms with E-state index in [0.717, 1.165) is 6.54 Å². The van der Waals surface area contributed by atoms with Gasteiger partial charge in [-0.3, -0.25) is 0 Å². The smallest absolute Gasteiger partial charge is 0.0993 e. The highest BCUT2D eigenvalue weighted by Gasteiger charge is 2.28. The van der Waals surface area contributed by atoms with Crippen LogP contribution in [0.15, 0.2) is 53.0 Å². The van der Waals surface area contributed by atoms with Gasteiger partial charge in [0.15, 0.2) is 0 Å². The molecule has 3 rings (SSSR count). The summed E-state index contributed by atoms with van der Waals surface area (Å²) in [4.78, 5) is 0. The topological polar surface area (TPSA) is 4.93 Å². The third kappa shape index (κ3) is 2.46. The molecule has 0 unspecified atom stereocenters. The molecule has 0 spiro atoms. The molecule has 1 heterocycles. The summed E-state index contributed by atoms with van der Waals surface area (Å²) in [6, 6.07) is 17.4. The molecule has 1 nitrogen and oxygen atoms in total. The van der Waals surface area contributed by atoms with E-state index in [0.29, 0.717) is 0 Å². The minimum Gasteiger partial charge on any atom is -0.348 e. The zero-order valence-electron chi connectivity index (χ0n) is 13.7. The Morgan fingerprint density at radius 2 is 1.59 bits per heavy atom. The number of rotatable bonds is 3. The van der Waals surface area contributed by atoms with E-state index in [2.05, 4.69) is 95.6 Å². The quantitative estimate of drug-likeness (QED) is 0.525. The summed E-state index contributed by atoms with van der Waals surface area (Å²) in [5, 5.41) is 2.91. The van der Waals surface area contributed by atoms with Gasteiger partial charge >= 0.3 is 0 Å². The first-order chi connectivity index (χ1) is 10.4. The Morgan fingerprint density at radius 3 is 2.23 bits per heavy atom. The number of benzene rings is 2. The van der Waals surface area contributed by atoms with Crippen LogP contribution in [0.25, 0.3) is 22.0 Å². The molecule has 114 valence electrons. The summed E-state index contributed by atoms with van der Waals surface area (Å²) in [6.45, 7) is 10.6. The molecule has 0 atom stereocenters. The van der Waals surface area contributed by atoms with Crippen molar-refractivity contribution in [3.05, 3.63) is 53.0 Å². The van der Waals surface area contributed by atoms with Gasteiger partial charge in [0.1, 0.15) is 0 Å². The number of hydrogen-bond acceptors (Lipinski definition) is 0. The lowest BCUT2D eigenvalue weighted by Crippen LogP contribution is -2.43. The first kappa shape index (κ1) is 15.6. The van der Waals surface area contributed by atoms with Gasteiger partial charge in [-0.15, -0.1) is 0 Å². The van der Waals surface area contributed by atoms with E-state index in [1.165, 1.54) is 26.5 Å². The highest BCUT2D eigenvalue weighted by molar-refractivity contribution is 9.10. The van der Waals surface area contributed by atoms with Crippen molar-refractivity contribution in [2.24, 2.45) is 0 Å². The second-order valence-corrected chi connectivity index (χ2v) is 12.5. The Labute approximate surface area is 142 Å². The lowest BCUT2D eigenvalue weighted by Gasteiger charge is -2.22. The van der Waals surface area contributed by atoms with Crippen molar-refractivity contribution in [3.63, 3.8) is 0 Å². The van der Waals surface area contributed by atoms with Gasteiger partial charge in [0, 0.05) is 32.8 Å². The predicted molar refractivity (Wildman–Crippen MR) is 104 cm³/mol. The second-order valence-electron chi connectivity index (χ2n) is 6.71. The second kappa shape index (κ2) is 5.71. The Bertz CT molecular complexity index is 827. The molecule has 0 N–H and O–H groups in total. The van der Waals surface area contributed by atoms with Crippen LogP contribution in [0.3, 0.4) is 0 Å². The number of para-hydroxylation sites is 1. The van der Waals surface area contributed by atoms with Gasteiger partial charge in [0.25, 0.3) is 0 Å². The molecule has 0 fully saturated rings. The number of halogens is 1. The first-order valence-electron chi connectivity index (χ1n) is 7.81. The first-order valence-corrected chi connectivity index (χ1v) is 12.1. The average molecular weight is 372 g/mol. The van der Waals surface area contributed by atoms with Crippen molar-refractivity contribution in [1.29, 1.82) is 0 Å². The molecule has 22 heavy (non-hydrogen) atoms. The van der Waals surface area contributed by atoms with Gasteiger partial charge < -0.3 is 4.57 Å². The largest absolute Gasteiger partial charge is 0.348 e. The third-order valence-corrected chi connectivity index (χ3v) is 6.77. The van der Waals surface area contributed by atoms with Crippen LogP contribution in [0.4, 0.5) is 0 Å². The number of hydrogen-bond donors (Lipinski definition) is 0. The van der Waals surface area contributed by atoms with Crippen molar-refractivity contribution in [1.82, 2.24) is 4.57 Å². The van der Waals surface area contributed by atoms with Crippen LogP contribution in [0.2, 0.25) is 19.6 Å². The van der Waals surface area contributed by atoms with Crippen molar-refractivity contribution >= 4 is 40.2 Å². The zero-order valence-corrected chi connectivity index (χ0v) is 16.2. The van der Waals surface area contributed by atoms with E-state index in [9.17, 15) is 0 Å². The number of fused-ring (bicyclic) bond motifs is 1. The fourth-order valence-electron chi connectivity index (χ4n) is 3.35. The van der Waals surface area contributed by atoms with Crippen LogP contribution in [-0.2, 0) is 6.54 Å². The van der Waals surface area contributed by atoms with Crippen molar-refractivity contribution in [2.75, 3.05) is 0 Å². The van der Waals surface area contributed by atoms with Crippen LogP contribution in [0.1, 0.15) is 6.92 Å². The molecule has 0 bridgehead atoms. The molecule has 3 heteroatoms. The number of aryl methyl sites for hydroxylation is 1. The van der Waals surface area contributed by atoms with E-state index < -0.39 is 8.07 Å². The average Bonchev–Trinajstić information content (AvgIpc) is 2.82. The maximum atomic E-state index is 3.76. The molecule has 0 aliphatic rings. The Hall–Kier alpha value is -1.32. The van der Waals surface area contributed by atoms with Crippen molar-refractivity contribution in [2.45, 2.75) is 33.1 Å². The summed E-state index contributed by atoms with van der Waals surface area (Å²) >= 11 is 3.76. The van der Waals surface area contributed by atoms with Gasteiger partial charge in [-0.25, -0.2) is 0 Å². The standard InChI is InChI=1S/C19H22BrNSi/c1-5-21-17-13-9-7-11-15(17)18(19(21)22(2,3)4)14-10-6-8-12-16(14)20/h6-13H,5H2,1-4H3. The normalized spacial score (nSPS) is 12.0. The highest BCUT2D eigenvalue weighted by atomic mass is 79.9. The molecule has 0 saturated heterocycles. The van der Waals surface area contributed by atoms with E-state index in [1.807, 2.05) is 0 Å². The minimum atomic E-state index is -1.49. The van der Waals surface area contributed by atoms with E-state index in [4.69, 9.17) is 0 Å². The lowest BCUT2D eigenvalue weighted by atomic mass is 10.1. The van der Waals surface area contributed by atoms with Crippen LogP contribution in [0, 0.1) is 0 Å². The van der Waals surface area contributed by atoms with Crippen LogP contribution >= 0.6 is 15.9 Å². The van der Waals surface area contributed by atoms with Crippen LogP contribution < -0.4 is 5.32 Å². The molecule has 0 aliphatic heterocycles. The minimum absolute atomic E-state index is 1.02. The maximum absolute atomic E-state index is 3.76. The lowest BCUT2D eigenvalue weighted by molar-refractivity contribution is 0.816. The molecule has 2 aromatic carbocycles. The summed E-state index contributed by atoms with van der Waals surface area (Å²) in [6.07, 6.45) is 0. The number of nitrogens with zero attached hydrogens (tertiary/aromatic N) is 1. The van der Waals surface area contributed by atoms with Crippen LogP contribution in [-0.4, -0.2) is 12.6 Å². The summed E-state index contributed by atoms with van der Waals surface area (Å²) in [5.41, 5.74) is 4.08. The van der Waals surface area contributed by atoms with E-state index >= 15 is 0 Å². The highest BCUT2D eigenvalue weighted by Crippen LogP contribution is 2.35. The monoisotopic (exact) mass is 371 g/mol. The fraction of sp³-hybridized carbons (Fsp3) is 0.263. The van der Waals surface area contributed by atoms with Gasteiger partial charge in [0.05, 0.1) is 8.07 Å². The predicted octanol–water partition coefficient (Wildman–Crippen LogP) is 5.64. The van der Waals surface area contributed by atoms with Crippen molar-refractivity contribution < 1.29 is 0 Å². The van der Waals surface area contributed by atoms with E-state index in [1.54, 1.807) is 5.32 Å². The Balaban J connectivity index is 2.50. The van der Waals surface area contributed by atoms with Crippen LogP contribution in [0.5, 0.6) is 0 Å². The SMILES string of the molecule is CCn1c([Si](C)(C)C)c(-c2ccccc2Br)c2ccccc21. The van der Waals surface area contributed by atoms with Gasteiger partial charge in [0.2, 0.25) is 0 Å². The summed E-state index contributed by atoms with van der Waals surface area (Å²) in [5.74, 6) is 0. The van der Waals surface area contributed by atoms with E-state index in [-0.39, 0.29) is 0 Å². The molecule has 1 aromatic heterocycles. The molecular weight excluding hydrogens is 350 g/mol. The van der Waals surface area contributed by atoms with Gasteiger partial charge in [-0.1, -0.05) is 72.0 Å². The molecule has 0 radical (unpaired) electrons. The maximum Gasteiger partial charge on any atom is 0.0993 e. The number of aromatic nitrogens is 1. The fourth-order valence-corrected chi connectivity index (χ4v) is 5.94. The third-order valence-electron chi connectivity index (χ3n) is 4.14. The van der Waals surface area contributed by atoms with Gasteiger partial charge in [-0.2, -0.15) is 0 Å². The summed E-state index contributed by atoms with van der Waals surface area (Å²) in [7, 11) is -1.49. The molecule has 0 saturated carbocycles. The molecule has 0 aliphatic carbocycles. The summed E-state index contributed by atoms with van der Waals surface area (Å²) < 4.78 is 3.70. The molecule has 3 aromatic rings. The molecule has 0 amide bonds. The molecular formula is C19H22BrNSi. The Kier molecular flexibility index (Phi) is 4.04. The van der Waals surface area contributed by atoms with Crippen molar-refractivity contribution in [3.8, 4) is 11.1 Å². The van der Waals surface area contributed by atoms with Gasteiger partial charge in [-0.05, 0) is 24.6 Å². The Morgan fingerprint density at radius 1 is 0.955 bits per heavy atom. The zero-order chi connectivity index (χ0) is 15.9.